The van der Waals surface area contributed by atoms with Gasteiger partial charge in [0, 0.05) is 28.9 Å². The average molecular weight is 355 g/mol. The molecule has 3 aromatic carbocycles. The molecule has 0 aromatic heterocycles. The molecule has 4 rings (SSSR count). The number of hydrogen-bond donors (Lipinski definition) is 0. The molecule has 0 atom stereocenters. The SMILES string of the molecule is CC(C)CN(c1ccccc1)c1cccc2c1C(=O)c1ccccc1C2=O. The van der Waals surface area contributed by atoms with Crippen molar-refractivity contribution in [2.24, 2.45) is 5.92 Å². The van der Waals surface area contributed by atoms with Crippen molar-refractivity contribution in [3.63, 3.8) is 0 Å². The Hall–Kier alpha value is -3.20. The minimum Gasteiger partial charge on any atom is -0.341 e. The van der Waals surface area contributed by atoms with Crippen LogP contribution in [0.1, 0.15) is 45.7 Å². The first-order chi connectivity index (χ1) is 13.1. The van der Waals surface area contributed by atoms with E-state index in [1.807, 2.05) is 42.5 Å². The molecule has 0 radical (unpaired) electrons. The van der Waals surface area contributed by atoms with Gasteiger partial charge in [-0.15, -0.1) is 0 Å². The first-order valence-corrected chi connectivity index (χ1v) is 9.22. The number of hydrogen-bond acceptors (Lipinski definition) is 3. The van der Waals surface area contributed by atoms with Crippen molar-refractivity contribution in [1.29, 1.82) is 0 Å². The number of nitrogens with zero attached hydrogens (tertiary/aromatic N) is 1. The highest BCUT2D eigenvalue weighted by Gasteiger charge is 2.32. The van der Waals surface area contributed by atoms with Crippen molar-refractivity contribution in [1.82, 2.24) is 0 Å². The second kappa shape index (κ2) is 6.84. The van der Waals surface area contributed by atoms with E-state index < -0.39 is 0 Å². The van der Waals surface area contributed by atoms with Crippen LogP contribution in [0.2, 0.25) is 0 Å². The van der Waals surface area contributed by atoms with Crippen molar-refractivity contribution in [3.8, 4) is 0 Å². The predicted molar refractivity (Wildman–Crippen MR) is 108 cm³/mol. The molecular formula is C24H21NO2. The predicted octanol–water partition coefficient (Wildman–Crippen LogP) is 5.26. The molecule has 3 nitrogen and oxygen atoms in total. The van der Waals surface area contributed by atoms with Crippen LogP contribution in [0.15, 0.2) is 72.8 Å². The van der Waals surface area contributed by atoms with Crippen molar-refractivity contribution in [2.45, 2.75) is 13.8 Å². The fourth-order valence-electron chi connectivity index (χ4n) is 3.67. The average Bonchev–Trinajstić information content (AvgIpc) is 2.70. The van der Waals surface area contributed by atoms with Crippen molar-refractivity contribution >= 4 is 22.9 Å². The summed E-state index contributed by atoms with van der Waals surface area (Å²) in [7, 11) is 0. The highest BCUT2D eigenvalue weighted by molar-refractivity contribution is 6.30. The molecular weight excluding hydrogens is 334 g/mol. The molecule has 0 unspecified atom stereocenters. The van der Waals surface area contributed by atoms with E-state index in [1.54, 1.807) is 30.3 Å². The highest BCUT2D eigenvalue weighted by Crippen LogP contribution is 2.37. The van der Waals surface area contributed by atoms with E-state index in [0.29, 0.717) is 28.2 Å². The molecule has 0 saturated heterocycles. The van der Waals surface area contributed by atoms with Crippen molar-refractivity contribution < 1.29 is 9.59 Å². The quantitative estimate of drug-likeness (QED) is 0.501. The molecule has 0 heterocycles. The molecule has 0 fully saturated rings. The zero-order chi connectivity index (χ0) is 19.0. The van der Waals surface area contributed by atoms with E-state index in [9.17, 15) is 9.59 Å². The Morgan fingerprint density at radius 1 is 0.704 bits per heavy atom. The van der Waals surface area contributed by atoms with E-state index in [1.165, 1.54) is 0 Å². The summed E-state index contributed by atoms with van der Waals surface area (Å²) in [5.74, 6) is 0.225. The number of fused-ring (bicyclic) bond motifs is 2. The second-order valence-electron chi connectivity index (χ2n) is 7.24. The lowest BCUT2D eigenvalue weighted by molar-refractivity contribution is 0.0979. The summed E-state index contributed by atoms with van der Waals surface area (Å²) < 4.78 is 0. The first kappa shape index (κ1) is 17.2. The van der Waals surface area contributed by atoms with Gasteiger partial charge in [0.25, 0.3) is 0 Å². The lowest BCUT2D eigenvalue weighted by Crippen LogP contribution is -2.28. The molecule has 0 amide bonds. The smallest absolute Gasteiger partial charge is 0.196 e. The van der Waals surface area contributed by atoms with Crippen molar-refractivity contribution in [3.05, 3.63) is 95.1 Å². The van der Waals surface area contributed by atoms with Gasteiger partial charge in [0.2, 0.25) is 0 Å². The number of benzene rings is 3. The van der Waals surface area contributed by atoms with Gasteiger partial charge in [0.05, 0.1) is 11.3 Å². The summed E-state index contributed by atoms with van der Waals surface area (Å²) in [5.41, 5.74) is 3.77. The maximum Gasteiger partial charge on any atom is 0.196 e. The van der Waals surface area contributed by atoms with E-state index >= 15 is 0 Å². The van der Waals surface area contributed by atoms with Crippen LogP contribution >= 0.6 is 0 Å². The molecule has 3 heteroatoms. The molecule has 1 aliphatic carbocycles. The third kappa shape index (κ3) is 2.95. The Balaban J connectivity index is 1.92. The number of carbonyl (C=O) groups is 2. The fraction of sp³-hybridized carbons (Fsp3) is 0.167. The van der Waals surface area contributed by atoms with Crippen LogP contribution in [0, 0.1) is 5.92 Å². The number of ketones is 2. The Labute approximate surface area is 159 Å². The Bertz CT molecular complexity index is 1020. The summed E-state index contributed by atoms with van der Waals surface area (Å²) >= 11 is 0. The lowest BCUT2D eigenvalue weighted by atomic mass is 9.83. The van der Waals surface area contributed by atoms with Gasteiger partial charge in [-0.3, -0.25) is 9.59 Å². The highest BCUT2D eigenvalue weighted by atomic mass is 16.1. The summed E-state index contributed by atoms with van der Waals surface area (Å²) in [4.78, 5) is 28.5. The van der Waals surface area contributed by atoms with Gasteiger partial charge in [-0.2, -0.15) is 0 Å². The van der Waals surface area contributed by atoms with Gasteiger partial charge in [-0.1, -0.05) is 68.4 Å². The van der Waals surface area contributed by atoms with Gasteiger partial charge in [-0.25, -0.2) is 0 Å². The lowest BCUT2D eigenvalue weighted by Gasteiger charge is -2.30. The summed E-state index contributed by atoms with van der Waals surface area (Å²) in [6, 6.07) is 22.6. The molecule has 27 heavy (non-hydrogen) atoms. The Morgan fingerprint density at radius 2 is 1.30 bits per heavy atom. The van der Waals surface area contributed by atoms with E-state index in [-0.39, 0.29) is 11.6 Å². The number of carbonyl (C=O) groups excluding carboxylic acids is 2. The zero-order valence-electron chi connectivity index (χ0n) is 15.5. The summed E-state index contributed by atoms with van der Waals surface area (Å²) in [6.07, 6.45) is 0. The van der Waals surface area contributed by atoms with Crippen LogP contribution < -0.4 is 4.90 Å². The Kier molecular flexibility index (Phi) is 4.36. The van der Waals surface area contributed by atoms with E-state index in [0.717, 1.165) is 17.9 Å². The van der Waals surface area contributed by atoms with Crippen LogP contribution in [0.25, 0.3) is 0 Å². The third-order valence-electron chi connectivity index (χ3n) is 4.84. The normalized spacial score (nSPS) is 12.7. The Morgan fingerprint density at radius 3 is 1.96 bits per heavy atom. The largest absolute Gasteiger partial charge is 0.341 e. The first-order valence-electron chi connectivity index (χ1n) is 9.22. The fourth-order valence-corrected chi connectivity index (χ4v) is 3.67. The van der Waals surface area contributed by atoms with Crippen molar-refractivity contribution in [2.75, 3.05) is 11.4 Å². The van der Waals surface area contributed by atoms with Gasteiger partial charge < -0.3 is 4.90 Å². The monoisotopic (exact) mass is 355 g/mol. The molecule has 0 bridgehead atoms. The standard InChI is InChI=1S/C24H21NO2/c1-16(2)15-25(17-9-4-3-5-10-17)21-14-8-13-20-22(21)24(27)19-12-7-6-11-18(19)23(20)26/h3-14,16H,15H2,1-2H3. The molecule has 1 aliphatic rings. The van der Waals surface area contributed by atoms with E-state index in [2.05, 4.69) is 18.7 Å². The van der Waals surface area contributed by atoms with E-state index in [4.69, 9.17) is 0 Å². The molecule has 134 valence electrons. The van der Waals surface area contributed by atoms with Gasteiger partial charge in [0.1, 0.15) is 0 Å². The zero-order valence-corrected chi connectivity index (χ0v) is 15.5. The van der Waals surface area contributed by atoms with Crippen LogP contribution in [0.4, 0.5) is 11.4 Å². The van der Waals surface area contributed by atoms with Crippen LogP contribution in [-0.4, -0.2) is 18.1 Å². The molecule has 0 aliphatic heterocycles. The van der Waals surface area contributed by atoms with Crippen LogP contribution in [-0.2, 0) is 0 Å². The summed E-state index contributed by atoms with van der Waals surface area (Å²) in [6.45, 7) is 5.05. The topological polar surface area (TPSA) is 37.4 Å². The summed E-state index contributed by atoms with van der Waals surface area (Å²) in [5, 5.41) is 0. The molecule has 0 N–H and O–H groups in total. The third-order valence-corrected chi connectivity index (χ3v) is 4.84. The van der Waals surface area contributed by atoms with Gasteiger partial charge in [-0.05, 0) is 24.1 Å². The van der Waals surface area contributed by atoms with Crippen LogP contribution in [0.5, 0.6) is 0 Å². The van der Waals surface area contributed by atoms with Gasteiger partial charge >= 0.3 is 0 Å². The molecule has 3 aromatic rings. The maximum atomic E-state index is 13.3. The van der Waals surface area contributed by atoms with Gasteiger partial charge in [0.15, 0.2) is 11.6 Å². The maximum absolute atomic E-state index is 13.3. The van der Waals surface area contributed by atoms with Crippen LogP contribution in [0.3, 0.4) is 0 Å². The number of para-hydroxylation sites is 1. The minimum absolute atomic E-state index is 0.0829. The minimum atomic E-state index is -0.0837. The molecule has 0 saturated carbocycles. The number of anilines is 2. The molecule has 0 spiro atoms. The number of rotatable bonds is 4. The second-order valence-corrected chi connectivity index (χ2v) is 7.24.